The number of nitrogens with zero attached hydrogens (tertiary/aromatic N) is 1. The summed E-state index contributed by atoms with van der Waals surface area (Å²) in [5.74, 6) is -1.03. The lowest BCUT2D eigenvalue weighted by molar-refractivity contribution is -0.849. The number of carboxylic acid groups (broad SMARTS) is 1. The fourth-order valence-corrected chi connectivity index (χ4v) is 2.37. The van der Waals surface area contributed by atoms with E-state index >= 15 is 0 Å². The molecule has 0 heterocycles. The Labute approximate surface area is 146 Å². The monoisotopic (exact) mass is 329 g/mol. The molecule has 0 aliphatic heterocycles. The van der Waals surface area contributed by atoms with Crippen LogP contribution in [0.3, 0.4) is 0 Å². The van der Waals surface area contributed by atoms with Gasteiger partial charge in [0.1, 0.15) is 0 Å². The van der Waals surface area contributed by atoms with Gasteiger partial charge in [0, 0.05) is 5.97 Å². The number of hydrogen-bond donors (Lipinski definition) is 0. The highest BCUT2D eigenvalue weighted by Crippen LogP contribution is 2.18. The summed E-state index contributed by atoms with van der Waals surface area (Å²) < 4.78 is 1.00. The van der Waals surface area contributed by atoms with Crippen molar-refractivity contribution in [2.24, 2.45) is 5.92 Å². The van der Waals surface area contributed by atoms with Crippen molar-refractivity contribution in [2.45, 2.75) is 90.9 Å². The third-order valence-electron chi connectivity index (χ3n) is 3.65. The summed E-state index contributed by atoms with van der Waals surface area (Å²) in [4.78, 5) is 11.0. The molecule has 3 nitrogen and oxygen atoms in total. The van der Waals surface area contributed by atoms with Gasteiger partial charge in [-0.3, -0.25) is 0 Å². The van der Waals surface area contributed by atoms with E-state index in [9.17, 15) is 9.90 Å². The molecule has 0 aromatic heterocycles. The molecule has 0 saturated heterocycles. The fraction of sp³-hybridized carbons (Fsp3) is 0.950. The molecule has 0 spiro atoms. The van der Waals surface area contributed by atoms with Gasteiger partial charge >= 0.3 is 0 Å². The van der Waals surface area contributed by atoms with E-state index in [1.54, 1.807) is 0 Å². The van der Waals surface area contributed by atoms with Crippen molar-refractivity contribution in [3.63, 3.8) is 0 Å². The zero-order chi connectivity index (χ0) is 18.1. The van der Waals surface area contributed by atoms with Gasteiger partial charge in [0.2, 0.25) is 0 Å². The molecule has 0 N–H and O–H groups in total. The van der Waals surface area contributed by atoms with Crippen molar-refractivity contribution in [3.8, 4) is 0 Å². The first-order valence-electron chi connectivity index (χ1n) is 9.72. The zero-order valence-corrected chi connectivity index (χ0v) is 16.8. The minimum Gasteiger partial charge on any atom is -0.550 e. The number of quaternary nitrogens is 1. The van der Waals surface area contributed by atoms with Crippen LogP contribution in [-0.4, -0.2) is 38.6 Å². The SMILES string of the molecule is CCCCCCCCC(CCCCCC)C(=O)[O-].C[N+](C)(C)C. The Morgan fingerprint density at radius 2 is 1.04 bits per heavy atom. The number of rotatable bonds is 13. The molecule has 0 bridgehead atoms. The summed E-state index contributed by atoms with van der Waals surface area (Å²) in [6.07, 6.45) is 13.6. The molecule has 0 aromatic rings. The van der Waals surface area contributed by atoms with Crippen LogP contribution in [0.15, 0.2) is 0 Å². The smallest absolute Gasteiger partial charge is 0.0675 e. The van der Waals surface area contributed by atoms with Crippen LogP contribution in [-0.2, 0) is 4.79 Å². The molecule has 0 rings (SSSR count). The van der Waals surface area contributed by atoms with Gasteiger partial charge in [-0.1, -0.05) is 78.1 Å². The molecular formula is C20H43NO2. The average molecular weight is 330 g/mol. The number of hydrogen-bond acceptors (Lipinski definition) is 2. The third-order valence-corrected chi connectivity index (χ3v) is 3.65. The van der Waals surface area contributed by atoms with Crippen molar-refractivity contribution in [1.82, 2.24) is 0 Å². The van der Waals surface area contributed by atoms with Gasteiger partial charge in [-0.05, 0) is 18.8 Å². The first-order chi connectivity index (χ1) is 10.7. The van der Waals surface area contributed by atoms with Gasteiger partial charge in [0.25, 0.3) is 0 Å². The van der Waals surface area contributed by atoms with Crippen LogP contribution in [0.2, 0.25) is 0 Å². The lowest BCUT2D eigenvalue weighted by Gasteiger charge is -2.17. The predicted molar refractivity (Wildman–Crippen MR) is 99.2 cm³/mol. The maximum absolute atomic E-state index is 11.0. The number of carbonyl (C=O) groups is 1. The van der Waals surface area contributed by atoms with E-state index in [2.05, 4.69) is 42.0 Å². The normalized spacial score (nSPS) is 12.4. The Kier molecular flexibility index (Phi) is 17.5. The zero-order valence-electron chi connectivity index (χ0n) is 16.8. The van der Waals surface area contributed by atoms with E-state index < -0.39 is 5.97 Å². The second-order valence-electron chi connectivity index (χ2n) is 8.11. The summed E-state index contributed by atoms with van der Waals surface area (Å²) >= 11 is 0. The summed E-state index contributed by atoms with van der Waals surface area (Å²) in [7, 11) is 8.50. The summed E-state index contributed by atoms with van der Waals surface area (Å²) in [5, 5.41) is 11.0. The molecule has 0 aliphatic carbocycles. The second kappa shape index (κ2) is 16.3. The van der Waals surface area contributed by atoms with Gasteiger partial charge in [-0.15, -0.1) is 0 Å². The molecule has 0 amide bonds. The molecule has 0 radical (unpaired) electrons. The Bertz CT molecular complexity index is 253. The highest BCUT2D eigenvalue weighted by molar-refractivity contribution is 5.67. The van der Waals surface area contributed by atoms with E-state index in [4.69, 9.17) is 0 Å². The van der Waals surface area contributed by atoms with E-state index in [1.807, 2.05) is 0 Å². The highest BCUT2D eigenvalue weighted by Gasteiger charge is 2.09. The van der Waals surface area contributed by atoms with Gasteiger partial charge in [-0.2, -0.15) is 0 Å². The molecule has 0 saturated carbocycles. The molecule has 3 heteroatoms. The Morgan fingerprint density at radius 1 is 0.739 bits per heavy atom. The molecule has 0 aromatic carbocycles. The lowest BCUT2D eigenvalue weighted by Crippen LogP contribution is -2.31. The van der Waals surface area contributed by atoms with E-state index in [0.29, 0.717) is 0 Å². The molecule has 23 heavy (non-hydrogen) atoms. The first kappa shape index (κ1) is 24.7. The number of carbonyl (C=O) groups excluding carboxylic acids is 1. The largest absolute Gasteiger partial charge is 0.550 e. The summed E-state index contributed by atoms with van der Waals surface area (Å²) in [6.45, 7) is 4.38. The summed E-state index contributed by atoms with van der Waals surface area (Å²) in [5.41, 5.74) is 0. The fourth-order valence-electron chi connectivity index (χ4n) is 2.37. The van der Waals surface area contributed by atoms with Crippen LogP contribution in [0.5, 0.6) is 0 Å². The lowest BCUT2D eigenvalue weighted by atomic mass is 9.94. The van der Waals surface area contributed by atoms with Gasteiger partial charge in [-0.25, -0.2) is 0 Å². The average Bonchev–Trinajstić information content (AvgIpc) is 2.42. The van der Waals surface area contributed by atoms with Crippen LogP contribution in [0, 0.1) is 5.92 Å². The van der Waals surface area contributed by atoms with Crippen molar-refractivity contribution in [2.75, 3.05) is 28.2 Å². The molecule has 0 aliphatic rings. The number of carboxylic acids is 1. The Balaban J connectivity index is 0. The Morgan fingerprint density at radius 3 is 1.39 bits per heavy atom. The number of unbranched alkanes of at least 4 members (excludes halogenated alkanes) is 8. The molecule has 1 atom stereocenters. The predicted octanol–water partition coefficient (Wildman–Crippen LogP) is 4.40. The molecular weight excluding hydrogens is 286 g/mol. The van der Waals surface area contributed by atoms with Gasteiger partial charge < -0.3 is 14.4 Å². The maximum atomic E-state index is 11.0. The van der Waals surface area contributed by atoms with Crippen LogP contribution in [0.25, 0.3) is 0 Å². The van der Waals surface area contributed by atoms with Crippen molar-refractivity contribution in [3.05, 3.63) is 0 Å². The topological polar surface area (TPSA) is 40.1 Å². The van der Waals surface area contributed by atoms with Gasteiger partial charge in [0.15, 0.2) is 0 Å². The van der Waals surface area contributed by atoms with Crippen LogP contribution < -0.4 is 5.11 Å². The standard InChI is InChI=1S/C16H32O2.C4H12N/c1-3-5-7-9-10-12-14-15(16(17)18)13-11-8-6-4-2;1-5(2,3)4/h15H,3-14H2,1-2H3,(H,17,18);1-4H3/q;+1/p-1. The quantitative estimate of drug-likeness (QED) is 0.371. The van der Waals surface area contributed by atoms with Crippen LogP contribution >= 0.6 is 0 Å². The van der Waals surface area contributed by atoms with Crippen molar-refractivity contribution in [1.29, 1.82) is 0 Å². The third kappa shape index (κ3) is 26.6. The maximum Gasteiger partial charge on any atom is 0.0675 e. The Hall–Kier alpha value is -0.570. The van der Waals surface area contributed by atoms with Crippen LogP contribution in [0.4, 0.5) is 0 Å². The van der Waals surface area contributed by atoms with E-state index in [0.717, 1.165) is 36.6 Å². The minimum atomic E-state index is -0.833. The van der Waals surface area contributed by atoms with E-state index in [-0.39, 0.29) is 5.92 Å². The first-order valence-corrected chi connectivity index (χ1v) is 9.72. The van der Waals surface area contributed by atoms with Crippen molar-refractivity contribution < 1.29 is 14.4 Å². The van der Waals surface area contributed by atoms with E-state index in [1.165, 1.54) is 44.9 Å². The molecule has 140 valence electrons. The van der Waals surface area contributed by atoms with Gasteiger partial charge in [0.05, 0.1) is 28.2 Å². The molecule has 0 fully saturated rings. The van der Waals surface area contributed by atoms with Crippen LogP contribution in [0.1, 0.15) is 90.9 Å². The van der Waals surface area contributed by atoms with Crippen molar-refractivity contribution >= 4 is 5.97 Å². The highest BCUT2D eigenvalue weighted by atomic mass is 16.4. The second-order valence-corrected chi connectivity index (χ2v) is 8.11. The number of aliphatic carboxylic acids is 1. The minimum absolute atomic E-state index is 0.201. The summed E-state index contributed by atoms with van der Waals surface area (Å²) in [6, 6.07) is 0. The molecule has 1 unspecified atom stereocenters.